The van der Waals surface area contributed by atoms with Crippen LogP contribution in [0.4, 0.5) is 17.3 Å². The van der Waals surface area contributed by atoms with Gasteiger partial charge in [0.25, 0.3) is 11.5 Å². The number of allylic oxidation sites excluding steroid dienone is 2. The van der Waals surface area contributed by atoms with Gasteiger partial charge in [0, 0.05) is 51.2 Å². The molecule has 3 aliphatic heterocycles. The zero-order valence-corrected chi connectivity index (χ0v) is 23.7. The van der Waals surface area contributed by atoms with Crippen molar-refractivity contribution in [1.29, 1.82) is 0 Å². The topological polar surface area (TPSA) is 101 Å². The molecule has 3 aliphatic rings. The van der Waals surface area contributed by atoms with Crippen LogP contribution in [0.1, 0.15) is 18.4 Å². The number of piperazine rings is 1. The van der Waals surface area contributed by atoms with Crippen LogP contribution in [0.3, 0.4) is 0 Å². The highest BCUT2D eigenvalue weighted by atomic mass is 16.5. The number of anilines is 3. The lowest BCUT2D eigenvalue weighted by molar-refractivity contribution is -0.121. The van der Waals surface area contributed by atoms with Gasteiger partial charge >= 0.3 is 0 Å². The summed E-state index contributed by atoms with van der Waals surface area (Å²) in [5.41, 5.74) is 3.87. The summed E-state index contributed by atoms with van der Waals surface area (Å²) < 4.78 is 9.19. The molecule has 5 heterocycles. The summed E-state index contributed by atoms with van der Waals surface area (Å²) in [6.45, 7) is 6.30. The first-order valence-corrected chi connectivity index (χ1v) is 14.5. The van der Waals surface area contributed by atoms with Gasteiger partial charge in [0.1, 0.15) is 11.1 Å². The van der Waals surface area contributed by atoms with E-state index in [-0.39, 0.29) is 18.1 Å². The molecule has 4 aromatic rings. The Bertz CT molecular complexity index is 1720. The first-order chi connectivity index (χ1) is 20.5. The molecular formula is C31H34N8O3. The van der Waals surface area contributed by atoms with Crippen LogP contribution < -0.4 is 20.5 Å². The van der Waals surface area contributed by atoms with Gasteiger partial charge in [-0.2, -0.15) is 4.98 Å². The third-order valence-electron chi connectivity index (χ3n) is 8.22. The third-order valence-corrected chi connectivity index (χ3v) is 8.22. The summed E-state index contributed by atoms with van der Waals surface area (Å²) in [5, 5.41) is 3.73. The molecule has 7 rings (SSSR count). The number of benzene rings is 2. The minimum atomic E-state index is -0.173. The molecule has 2 bridgehead atoms. The fourth-order valence-electron chi connectivity index (χ4n) is 5.83. The summed E-state index contributed by atoms with van der Waals surface area (Å²) in [6.07, 6.45) is 7.26. The van der Waals surface area contributed by atoms with E-state index in [1.807, 2.05) is 41.1 Å². The number of fused-ring (bicyclic) bond motifs is 5. The van der Waals surface area contributed by atoms with E-state index < -0.39 is 0 Å². The summed E-state index contributed by atoms with van der Waals surface area (Å²) in [5.74, 6) is 0.984. The van der Waals surface area contributed by atoms with Crippen molar-refractivity contribution in [2.45, 2.75) is 25.9 Å². The first-order valence-electron chi connectivity index (χ1n) is 14.5. The van der Waals surface area contributed by atoms with E-state index in [0.717, 1.165) is 56.9 Å². The number of rotatable bonds is 4. The fraction of sp³-hybridized carbons (Fsp3) is 0.355. The first kappa shape index (κ1) is 26.4. The van der Waals surface area contributed by atoms with E-state index in [2.05, 4.69) is 45.4 Å². The van der Waals surface area contributed by atoms with Crippen molar-refractivity contribution in [3.8, 4) is 11.4 Å². The number of likely N-dealkylation sites (N-methyl/N-ethyl adjacent to an activating group) is 1. The van der Waals surface area contributed by atoms with Crippen molar-refractivity contribution >= 4 is 34.3 Å². The maximum atomic E-state index is 13.5. The Morgan fingerprint density at radius 2 is 1.81 bits per heavy atom. The molecule has 0 saturated carbocycles. The Balaban J connectivity index is 1.22. The second-order valence-electron chi connectivity index (χ2n) is 11.1. The molecule has 11 heteroatoms. The number of ether oxygens (including phenoxy) is 1. The maximum absolute atomic E-state index is 13.5. The summed E-state index contributed by atoms with van der Waals surface area (Å²) >= 11 is 0. The van der Waals surface area contributed by atoms with Gasteiger partial charge in [-0.1, -0.05) is 24.3 Å². The predicted molar refractivity (Wildman–Crippen MR) is 162 cm³/mol. The third kappa shape index (κ3) is 5.05. The van der Waals surface area contributed by atoms with E-state index in [4.69, 9.17) is 9.72 Å². The standard InChI is InChI=1S/C31H34N8O3/c1-35-14-16-36(17-15-35)20-22-6-8-23(9-7-22)33-31-32-19-25-29(34-31)39-24-10-11-27-26(18-24)37(28(40)21-42-27)12-4-2-3-5-13-38(39)30(25)41/h3,5-11,18-19H,2,4,12-17,20-21H2,1H3,(H,32,33,34)/b5-3-. The number of amides is 1. The second kappa shape index (κ2) is 11.1. The van der Waals surface area contributed by atoms with E-state index >= 15 is 0 Å². The molecule has 42 heavy (non-hydrogen) atoms. The van der Waals surface area contributed by atoms with Gasteiger partial charge in [-0.3, -0.25) is 14.5 Å². The van der Waals surface area contributed by atoms with Gasteiger partial charge in [0.2, 0.25) is 5.95 Å². The molecule has 0 radical (unpaired) electrons. The molecule has 1 amide bonds. The number of carbonyl (C=O) groups excluding carboxylic acids is 1. The van der Waals surface area contributed by atoms with Crippen molar-refractivity contribution in [3.05, 3.63) is 76.7 Å². The highest BCUT2D eigenvalue weighted by molar-refractivity contribution is 5.98. The average molecular weight is 567 g/mol. The van der Waals surface area contributed by atoms with Crippen molar-refractivity contribution in [2.75, 3.05) is 56.6 Å². The molecule has 0 atom stereocenters. The van der Waals surface area contributed by atoms with Crippen molar-refractivity contribution in [2.24, 2.45) is 0 Å². The Morgan fingerprint density at radius 1 is 0.976 bits per heavy atom. The highest BCUT2D eigenvalue weighted by Gasteiger charge is 2.27. The van der Waals surface area contributed by atoms with Crippen LogP contribution in [0.5, 0.6) is 5.75 Å². The molecule has 0 spiro atoms. The maximum Gasteiger partial charge on any atom is 0.278 e. The molecule has 0 aliphatic carbocycles. The number of nitrogens with zero attached hydrogens (tertiary/aromatic N) is 7. The number of hydrogen-bond donors (Lipinski definition) is 1. The lowest BCUT2D eigenvalue weighted by Crippen LogP contribution is -2.43. The smallest absolute Gasteiger partial charge is 0.278 e. The summed E-state index contributed by atoms with van der Waals surface area (Å²) in [6, 6.07) is 14.0. The molecule has 2 aromatic carbocycles. The Kier molecular flexibility index (Phi) is 6.96. The predicted octanol–water partition coefficient (Wildman–Crippen LogP) is 3.15. The minimum absolute atomic E-state index is 0.0262. The van der Waals surface area contributed by atoms with Crippen LogP contribution in [0.25, 0.3) is 16.7 Å². The zero-order valence-electron chi connectivity index (χ0n) is 23.7. The lowest BCUT2D eigenvalue weighted by atomic mass is 10.1. The van der Waals surface area contributed by atoms with E-state index in [0.29, 0.717) is 41.5 Å². The minimum Gasteiger partial charge on any atom is -0.482 e. The van der Waals surface area contributed by atoms with Gasteiger partial charge in [0.15, 0.2) is 12.3 Å². The van der Waals surface area contributed by atoms with E-state index in [9.17, 15) is 9.59 Å². The molecule has 216 valence electrons. The van der Waals surface area contributed by atoms with Gasteiger partial charge in [0.05, 0.1) is 17.9 Å². The molecular weight excluding hydrogens is 532 g/mol. The average Bonchev–Trinajstić information content (AvgIpc) is 3.27. The Morgan fingerprint density at radius 3 is 2.64 bits per heavy atom. The SMILES string of the molecule is CN1CCN(Cc2ccc(Nc3ncc4c(=O)n5n(c4n3)-c3ccc4c(c3)N(CCC/C=C\C5)C(=O)CO4)cc2)CC1. The molecule has 1 saturated heterocycles. The normalized spacial score (nSPS) is 18.6. The van der Waals surface area contributed by atoms with Crippen LogP contribution in [-0.2, 0) is 17.9 Å². The van der Waals surface area contributed by atoms with Gasteiger partial charge in [-0.05, 0) is 55.8 Å². The van der Waals surface area contributed by atoms with Gasteiger partial charge < -0.3 is 19.9 Å². The number of nitrogens with one attached hydrogen (secondary N) is 1. The largest absolute Gasteiger partial charge is 0.482 e. The van der Waals surface area contributed by atoms with Crippen LogP contribution in [0.15, 0.2) is 65.6 Å². The number of hydrogen-bond acceptors (Lipinski definition) is 8. The monoisotopic (exact) mass is 566 g/mol. The van der Waals surface area contributed by atoms with Crippen molar-refractivity contribution < 1.29 is 9.53 Å². The zero-order chi connectivity index (χ0) is 28.6. The molecule has 1 fully saturated rings. The van der Waals surface area contributed by atoms with E-state index in [1.54, 1.807) is 15.8 Å². The van der Waals surface area contributed by atoms with Crippen LogP contribution >= 0.6 is 0 Å². The van der Waals surface area contributed by atoms with Crippen LogP contribution in [0, 0.1) is 0 Å². The number of aromatic nitrogens is 4. The second-order valence-corrected chi connectivity index (χ2v) is 11.1. The van der Waals surface area contributed by atoms with Gasteiger partial charge in [-0.25, -0.2) is 14.3 Å². The van der Waals surface area contributed by atoms with Gasteiger partial charge in [-0.15, -0.1) is 0 Å². The van der Waals surface area contributed by atoms with Crippen LogP contribution in [0.2, 0.25) is 0 Å². The van der Waals surface area contributed by atoms with Crippen molar-refractivity contribution in [3.63, 3.8) is 0 Å². The lowest BCUT2D eigenvalue weighted by Gasteiger charge is -2.32. The molecule has 1 N–H and O–H groups in total. The quantitative estimate of drug-likeness (QED) is 0.376. The highest BCUT2D eigenvalue weighted by Crippen LogP contribution is 2.35. The van der Waals surface area contributed by atoms with Crippen LogP contribution in [-0.4, -0.2) is 81.4 Å². The van der Waals surface area contributed by atoms with E-state index in [1.165, 1.54) is 5.56 Å². The number of carbonyl (C=O) groups is 1. The Labute approximate surface area is 243 Å². The summed E-state index contributed by atoms with van der Waals surface area (Å²) in [7, 11) is 2.17. The summed E-state index contributed by atoms with van der Waals surface area (Å²) in [4.78, 5) is 42.2. The molecule has 0 unspecified atom stereocenters. The van der Waals surface area contributed by atoms with Crippen molar-refractivity contribution in [1.82, 2.24) is 29.1 Å². The molecule has 2 aromatic heterocycles. The Hall–Kier alpha value is -4.48. The molecule has 11 nitrogen and oxygen atoms in total. The fourth-order valence-corrected chi connectivity index (χ4v) is 5.83.